The highest BCUT2D eigenvalue weighted by Gasteiger charge is 2.46. The minimum Gasteiger partial charge on any atom is -0.338 e. The minimum atomic E-state index is -0.275. The SMILES string of the molecule is CCn1cc(C(=O)N2CCCC3(CCc4c3nc(-c3cccnc3)[nH]c4=O)C2)c(C)n1. The van der Waals surface area contributed by atoms with Gasteiger partial charge in [0.25, 0.3) is 11.5 Å². The lowest BCUT2D eigenvalue weighted by Gasteiger charge is -2.40. The van der Waals surface area contributed by atoms with E-state index in [0.717, 1.165) is 48.3 Å². The molecule has 1 atom stereocenters. The first-order chi connectivity index (χ1) is 15.0. The summed E-state index contributed by atoms with van der Waals surface area (Å²) in [6, 6.07) is 3.72. The zero-order valence-corrected chi connectivity index (χ0v) is 17.9. The van der Waals surface area contributed by atoms with E-state index in [-0.39, 0.29) is 16.9 Å². The maximum atomic E-state index is 13.3. The molecule has 160 valence electrons. The highest BCUT2D eigenvalue weighted by atomic mass is 16.2. The van der Waals surface area contributed by atoms with Crippen molar-refractivity contribution in [3.05, 3.63) is 63.6 Å². The van der Waals surface area contributed by atoms with Crippen molar-refractivity contribution in [1.29, 1.82) is 0 Å². The van der Waals surface area contributed by atoms with E-state index in [2.05, 4.69) is 15.1 Å². The van der Waals surface area contributed by atoms with Crippen molar-refractivity contribution in [3.63, 3.8) is 0 Å². The Labute approximate surface area is 180 Å². The molecule has 1 aliphatic carbocycles. The lowest BCUT2D eigenvalue weighted by atomic mass is 9.77. The van der Waals surface area contributed by atoms with Gasteiger partial charge in [-0.3, -0.25) is 19.3 Å². The standard InChI is InChI=1S/C23H26N6O2/c1-3-29-13-18(15(2)27-29)22(31)28-11-5-8-23(14-28)9-7-17-19(23)25-20(26-21(17)30)16-6-4-10-24-12-16/h4,6,10,12-13H,3,5,7-9,11,14H2,1-2H3,(H,25,26,30). The van der Waals surface area contributed by atoms with Crippen LogP contribution in [0, 0.1) is 6.92 Å². The van der Waals surface area contributed by atoms with Gasteiger partial charge in [0, 0.05) is 54.8 Å². The van der Waals surface area contributed by atoms with Crippen molar-refractivity contribution < 1.29 is 4.79 Å². The number of likely N-dealkylation sites (tertiary alicyclic amines) is 1. The first kappa shape index (κ1) is 19.7. The van der Waals surface area contributed by atoms with Crippen LogP contribution in [0.5, 0.6) is 0 Å². The van der Waals surface area contributed by atoms with Gasteiger partial charge in [-0.15, -0.1) is 0 Å². The number of carbonyl (C=O) groups excluding carboxylic acids is 1. The topological polar surface area (TPSA) is 96.8 Å². The predicted octanol–water partition coefficient (Wildman–Crippen LogP) is 2.48. The maximum Gasteiger partial charge on any atom is 0.257 e. The summed E-state index contributed by atoms with van der Waals surface area (Å²) in [6.45, 7) is 5.92. The summed E-state index contributed by atoms with van der Waals surface area (Å²) < 4.78 is 1.80. The van der Waals surface area contributed by atoms with Gasteiger partial charge < -0.3 is 9.88 Å². The van der Waals surface area contributed by atoms with E-state index in [9.17, 15) is 9.59 Å². The largest absolute Gasteiger partial charge is 0.338 e. The highest BCUT2D eigenvalue weighted by Crippen LogP contribution is 2.43. The molecule has 1 unspecified atom stereocenters. The van der Waals surface area contributed by atoms with Crippen LogP contribution in [-0.4, -0.2) is 48.6 Å². The molecule has 1 saturated heterocycles. The monoisotopic (exact) mass is 418 g/mol. The van der Waals surface area contributed by atoms with Crippen LogP contribution in [0.25, 0.3) is 11.4 Å². The van der Waals surface area contributed by atoms with Crippen molar-refractivity contribution in [2.24, 2.45) is 0 Å². The van der Waals surface area contributed by atoms with Crippen LogP contribution in [0.4, 0.5) is 0 Å². The number of aromatic amines is 1. The molecule has 31 heavy (non-hydrogen) atoms. The van der Waals surface area contributed by atoms with Gasteiger partial charge in [0.2, 0.25) is 0 Å². The molecule has 1 aliphatic heterocycles. The molecule has 1 spiro atoms. The molecule has 1 fully saturated rings. The molecule has 8 heteroatoms. The van der Waals surface area contributed by atoms with E-state index in [1.54, 1.807) is 17.1 Å². The van der Waals surface area contributed by atoms with Gasteiger partial charge in [0.1, 0.15) is 5.82 Å². The summed E-state index contributed by atoms with van der Waals surface area (Å²) in [5.74, 6) is 0.559. The fourth-order valence-electron chi connectivity index (χ4n) is 5.05. The molecule has 3 aromatic rings. The third-order valence-electron chi connectivity index (χ3n) is 6.67. The number of pyridine rings is 1. The number of piperidine rings is 1. The van der Waals surface area contributed by atoms with Crippen LogP contribution in [0.15, 0.2) is 35.5 Å². The van der Waals surface area contributed by atoms with Crippen LogP contribution >= 0.6 is 0 Å². The number of aryl methyl sites for hydroxylation is 2. The first-order valence-electron chi connectivity index (χ1n) is 10.9. The van der Waals surface area contributed by atoms with Gasteiger partial charge in [-0.25, -0.2) is 4.98 Å². The van der Waals surface area contributed by atoms with Crippen molar-refractivity contribution >= 4 is 5.91 Å². The second-order valence-electron chi connectivity index (χ2n) is 8.58. The second kappa shape index (κ2) is 7.44. The van der Waals surface area contributed by atoms with Crippen LogP contribution in [0.2, 0.25) is 0 Å². The Morgan fingerprint density at radius 1 is 1.32 bits per heavy atom. The van der Waals surface area contributed by atoms with Crippen molar-refractivity contribution in [1.82, 2.24) is 29.6 Å². The molecule has 3 aromatic heterocycles. The van der Waals surface area contributed by atoms with Crippen LogP contribution in [0.1, 0.15) is 53.5 Å². The Balaban J connectivity index is 1.50. The molecule has 5 rings (SSSR count). The van der Waals surface area contributed by atoms with E-state index in [4.69, 9.17) is 4.98 Å². The molecular formula is C23H26N6O2. The number of hydrogen-bond donors (Lipinski definition) is 1. The van der Waals surface area contributed by atoms with Crippen molar-refractivity contribution in [2.75, 3.05) is 13.1 Å². The number of rotatable bonds is 3. The van der Waals surface area contributed by atoms with E-state index >= 15 is 0 Å². The molecule has 2 aliphatic rings. The third-order valence-corrected chi connectivity index (χ3v) is 6.67. The van der Waals surface area contributed by atoms with E-state index in [1.165, 1.54) is 0 Å². The van der Waals surface area contributed by atoms with Gasteiger partial charge in [-0.05, 0) is 51.7 Å². The lowest BCUT2D eigenvalue weighted by molar-refractivity contribution is 0.0632. The van der Waals surface area contributed by atoms with Gasteiger partial charge in [-0.1, -0.05) is 0 Å². The smallest absolute Gasteiger partial charge is 0.257 e. The minimum absolute atomic E-state index is 0.0158. The maximum absolute atomic E-state index is 13.3. The van der Waals surface area contributed by atoms with Gasteiger partial charge in [-0.2, -0.15) is 5.10 Å². The van der Waals surface area contributed by atoms with Gasteiger partial charge in [0.15, 0.2) is 0 Å². The molecular weight excluding hydrogens is 392 g/mol. The van der Waals surface area contributed by atoms with Crippen LogP contribution in [0.3, 0.4) is 0 Å². The highest BCUT2D eigenvalue weighted by molar-refractivity contribution is 5.95. The third kappa shape index (κ3) is 3.26. The molecule has 0 aromatic carbocycles. The van der Waals surface area contributed by atoms with E-state index in [1.807, 2.05) is 37.1 Å². The summed E-state index contributed by atoms with van der Waals surface area (Å²) in [5, 5.41) is 4.43. The number of amides is 1. The number of nitrogens with zero attached hydrogens (tertiary/aromatic N) is 5. The Morgan fingerprint density at radius 3 is 2.94 bits per heavy atom. The normalized spacial score (nSPS) is 20.3. The fourth-order valence-corrected chi connectivity index (χ4v) is 5.05. The predicted molar refractivity (Wildman–Crippen MR) is 116 cm³/mol. The Kier molecular flexibility index (Phi) is 4.72. The summed E-state index contributed by atoms with van der Waals surface area (Å²) in [5.41, 5.74) is 3.47. The van der Waals surface area contributed by atoms with Gasteiger partial charge >= 0.3 is 0 Å². The molecule has 8 nitrogen and oxygen atoms in total. The number of fused-ring (bicyclic) bond motifs is 2. The first-order valence-corrected chi connectivity index (χ1v) is 10.9. The van der Waals surface area contributed by atoms with Crippen LogP contribution < -0.4 is 5.56 Å². The molecule has 0 saturated carbocycles. The molecule has 4 heterocycles. The molecule has 0 radical (unpaired) electrons. The number of aromatic nitrogens is 5. The fraction of sp³-hybridized carbons (Fsp3) is 0.435. The van der Waals surface area contributed by atoms with Crippen molar-refractivity contribution in [3.8, 4) is 11.4 Å². The average Bonchev–Trinajstić information content (AvgIpc) is 3.35. The van der Waals surface area contributed by atoms with Crippen LogP contribution in [-0.2, 0) is 18.4 Å². The van der Waals surface area contributed by atoms with Crippen molar-refractivity contribution in [2.45, 2.75) is 51.5 Å². The molecule has 1 N–H and O–H groups in total. The van der Waals surface area contributed by atoms with E-state index in [0.29, 0.717) is 30.9 Å². The number of nitrogens with one attached hydrogen (secondary N) is 1. The quantitative estimate of drug-likeness (QED) is 0.705. The van der Waals surface area contributed by atoms with Gasteiger partial charge in [0.05, 0.1) is 17.0 Å². The number of hydrogen-bond acceptors (Lipinski definition) is 5. The lowest BCUT2D eigenvalue weighted by Crippen LogP contribution is -2.48. The Hall–Kier alpha value is -3.29. The average molecular weight is 419 g/mol. The zero-order chi connectivity index (χ0) is 21.6. The summed E-state index contributed by atoms with van der Waals surface area (Å²) in [6.07, 6.45) is 8.60. The summed E-state index contributed by atoms with van der Waals surface area (Å²) in [7, 11) is 0. The zero-order valence-electron chi connectivity index (χ0n) is 17.9. The Morgan fingerprint density at radius 2 is 2.19 bits per heavy atom. The van der Waals surface area contributed by atoms with E-state index < -0.39 is 0 Å². The Bertz CT molecular complexity index is 1200. The second-order valence-corrected chi connectivity index (χ2v) is 8.58. The molecule has 1 amide bonds. The molecule has 0 bridgehead atoms. The summed E-state index contributed by atoms with van der Waals surface area (Å²) >= 11 is 0. The number of H-pyrrole nitrogens is 1. The summed E-state index contributed by atoms with van der Waals surface area (Å²) in [4.78, 5) is 40.1. The number of carbonyl (C=O) groups is 1.